The largest absolute Gasteiger partial charge is 0.483 e. The van der Waals surface area contributed by atoms with Crippen molar-refractivity contribution in [1.82, 2.24) is 10.2 Å². The standard InChI is InChI=1S/C24H30BrClN2O3/c1-5-21(24(30)27-6-2)28(14-17-7-10-19(26)11-8-17)23(29)15-31-22-12-9-18(16(3)4)13-20(22)25/h7-13,16,21H,5-6,14-15H2,1-4H3,(H,27,30). The smallest absolute Gasteiger partial charge is 0.261 e. The lowest BCUT2D eigenvalue weighted by Crippen LogP contribution is -2.50. The zero-order valence-electron chi connectivity index (χ0n) is 18.5. The summed E-state index contributed by atoms with van der Waals surface area (Å²) >= 11 is 9.51. The van der Waals surface area contributed by atoms with E-state index >= 15 is 0 Å². The maximum absolute atomic E-state index is 13.2. The summed E-state index contributed by atoms with van der Waals surface area (Å²) in [5, 5.41) is 3.44. The zero-order chi connectivity index (χ0) is 23.0. The number of ether oxygens (including phenoxy) is 1. The number of carbonyl (C=O) groups is 2. The van der Waals surface area contributed by atoms with Crippen LogP contribution in [-0.4, -0.2) is 35.9 Å². The molecule has 168 valence electrons. The van der Waals surface area contributed by atoms with Crippen LogP contribution in [0, 0.1) is 0 Å². The Bertz CT molecular complexity index is 887. The van der Waals surface area contributed by atoms with Crippen molar-refractivity contribution in [1.29, 1.82) is 0 Å². The highest BCUT2D eigenvalue weighted by atomic mass is 79.9. The second-order valence-corrected chi connectivity index (χ2v) is 8.89. The third-order valence-corrected chi connectivity index (χ3v) is 5.85. The fraction of sp³-hybridized carbons (Fsp3) is 0.417. The molecule has 2 aromatic carbocycles. The number of nitrogens with one attached hydrogen (secondary N) is 1. The molecule has 0 saturated carbocycles. The van der Waals surface area contributed by atoms with Gasteiger partial charge >= 0.3 is 0 Å². The van der Waals surface area contributed by atoms with Gasteiger partial charge < -0.3 is 15.0 Å². The Kier molecular flexibility index (Phi) is 9.85. The molecule has 2 amide bonds. The van der Waals surface area contributed by atoms with E-state index in [2.05, 4.69) is 35.1 Å². The van der Waals surface area contributed by atoms with Crippen molar-refractivity contribution in [3.63, 3.8) is 0 Å². The fourth-order valence-electron chi connectivity index (χ4n) is 3.21. The first-order valence-corrected chi connectivity index (χ1v) is 11.7. The third kappa shape index (κ3) is 7.25. The van der Waals surface area contributed by atoms with Gasteiger partial charge in [-0.05, 0) is 70.6 Å². The van der Waals surface area contributed by atoms with Crippen LogP contribution in [0.3, 0.4) is 0 Å². The van der Waals surface area contributed by atoms with Gasteiger partial charge in [0.25, 0.3) is 5.91 Å². The summed E-state index contributed by atoms with van der Waals surface area (Å²) in [6, 6.07) is 12.5. The van der Waals surface area contributed by atoms with Crippen molar-refractivity contribution in [3.05, 3.63) is 63.1 Å². The average molecular weight is 510 g/mol. The number of likely N-dealkylation sites (N-methyl/N-ethyl adjacent to an activating group) is 1. The summed E-state index contributed by atoms with van der Waals surface area (Å²) in [5.74, 6) is 0.558. The molecule has 5 nitrogen and oxygen atoms in total. The Morgan fingerprint density at radius 3 is 2.35 bits per heavy atom. The summed E-state index contributed by atoms with van der Waals surface area (Å²) in [6.45, 7) is 8.62. The Hall–Kier alpha value is -2.05. The molecular weight excluding hydrogens is 480 g/mol. The maximum Gasteiger partial charge on any atom is 0.261 e. The van der Waals surface area contributed by atoms with E-state index in [1.807, 2.05) is 44.2 Å². The van der Waals surface area contributed by atoms with Crippen LogP contribution in [-0.2, 0) is 16.1 Å². The van der Waals surface area contributed by atoms with Gasteiger partial charge in [-0.15, -0.1) is 0 Å². The maximum atomic E-state index is 13.2. The minimum absolute atomic E-state index is 0.164. The molecule has 0 bridgehead atoms. The summed E-state index contributed by atoms with van der Waals surface area (Å²) < 4.78 is 6.61. The van der Waals surface area contributed by atoms with E-state index in [0.29, 0.717) is 36.2 Å². The summed E-state index contributed by atoms with van der Waals surface area (Å²) in [6.07, 6.45) is 0.498. The van der Waals surface area contributed by atoms with E-state index in [0.717, 1.165) is 10.0 Å². The van der Waals surface area contributed by atoms with E-state index < -0.39 is 6.04 Å². The number of amides is 2. The van der Waals surface area contributed by atoms with E-state index in [4.69, 9.17) is 16.3 Å². The molecule has 0 radical (unpaired) electrons. The lowest BCUT2D eigenvalue weighted by atomic mass is 10.0. The normalized spacial score (nSPS) is 11.8. The van der Waals surface area contributed by atoms with Gasteiger partial charge in [0.1, 0.15) is 11.8 Å². The van der Waals surface area contributed by atoms with Gasteiger partial charge in [-0.25, -0.2) is 0 Å². The monoisotopic (exact) mass is 508 g/mol. The molecule has 0 aromatic heterocycles. The minimum Gasteiger partial charge on any atom is -0.483 e. The molecular formula is C24H30BrClN2O3. The van der Waals surface area contributed by atoms with Crippen molar-refractivity contribution in [2.24, 2.45) is 0 Å². The summed E-state index contributed by atoms with van der Waals surface area (Å²) in [5.41, 5.74) is 2.07. The number of halogens is 2. The van der Waals surface area contributed by atoms with Gasteiger partial charge in [-0.2, -0.15) is 0 Å². The second-order valence-electron chi connectivity index (χ2n) is 7.60. The number of nitrogens with zero attached hydrogens (tertiary/aromatic N) is 1. The van der Waals surface area contributed by atoms with Gasteiger partial charge in [0.2, 0.25) is 5.91 Å². The molecule has 0 spiro atoms. The van der Waals surface area contributed by atoms with Gasteiger partial charge in [-0.3, -0.25) is 9.59 Å². The molecule has 7 heteroatoms. The molecule has 2 rings (SSSR count). The van der Waals surface area contributed by atoms with E-state index in [1.165, 1.54) is 5.56 Å². The highest BCUT2D eigenvalue weighted by Gasteiger charge is 2.28. The Balaban J connectivity index is 2.20. The molecule has 0 aliphatic heterocycles. The minimum atomic E-state index is -0.585. The first-order valence-electron chi connectivity index (χ1n) is 10.5. The number of hydrogen-bond donors (Lipinski definition) is 1. The fourth-order valence-corrected chi connectivity index (χ4v) is 3.85. The van der Waals surface area contributed by atoms with Crippen molar-refractivity contribution in [2.45, 2.75) is 52.6 Å². The van der Waals surface area contributed by atoms with Crippen LogP contribution in [0.25, 0.3) is 0 Å². The van der Waals surface area contributed by atoms with Gasteiger partial charge in [0.15, 0.2) is 6.61 Å². The third-order valence-electron chi connectivity index (χ3n) is 4.98. The van der Waals surface area contributed by atoms with E-state index in [9.17, 15) is 9.59 Å². The molecule has 0 saturated heterocycles. The number of benzene rings is 2. The second kappa shape index (κ2) is 12.1. The number of rotatable bonds is 10. The van der Waals surface area contributed by atoms with Crippen molar-refractivity contribution in [2.75, 3.05) is 13.2 Å². The Morgan fingerprint density at radius 1 is 1.13 bits per heavy atom. The number of hydrogen-bond acceptors (Lipinski definition) is 3. The van der Waals surface area contributed by atoms with E-state index in [-0.39, 0.29) is 18.4 Å². The average Bonchev–Trinajstić information content (AvgIpc) is 2.74. The Morgan fingerprint density at radius 2 is 1.81 bits per heavy atom. The first kappa shape index (κ1) is 25.2. The first-order chi connectivity index (χ1) is 14.8. The van der Waals surface area contributed by atoms with Crippen molar-refractivity contribution < 1.29 is 14.3 Å². The predicted octanol–water partition coefficient (Wildman–Crippen LogP) is 5.55. The molecule has 0 aliphatic rings. The Labute approximate surface area is 198 Å². The van der Waals surface area contributed by atoms with Gasteiger partial charge in [0.05, 0.1) is 4.47 Å². The molecule has 1 atom stereocenters. The van der Waals surface area contributed by atoms with Crippen LogP contribution in [0.2, 0.25) is 5.02 Å². The molecule has 0 fully saturated rings. The SMILES string of the molecule is CCNC(=O)C(CC)N(Cc1ccc(Cl)cc1)C(=O)COc1ccc(C(C)C)cc1Br. The van der Waals surface area contributed by atoms with Crippen LogP contribution >= 0.6 is 27.5 Å². The highest BCUT2D eigenvalue weighted by molar-refractivity contribution is 9.10. The predicted molar refractivity (Wildman–Crippen MR) is 128 cm³/mol. The highest BCUT2D eigenvalue weighted by Crippen LogP contribution is 2.29. The zero-order valence-corrected chi connectivity index (χ0v) is 20.8. The van der Waals surface area contributed by atoms with Crippen molar-refractivity contribution >= 4 is 39.3 Å². The van der Waals surface area contributed by atoms with E-state index in [1.54, 1.807) is 17.0 Å². The van der Waals surface area contributed by atoms with Crippen LogP contribution in [0.5, 0.6) is 5.75 Å². The molecule has 2 aromatic rings. The molecule has 1 N–H and O–H groups in total. The van der Waals surface area contributed by atoms with Crippen LogP contribution in [0.15, 0.2) is 46.9 Å². The quantitative estimate of drug-likeness (QED) is 0.457. The van der Waals surface area contributed by atoms with Crippen LogP contribution in [0.1, 0.15) is 51.2 Å². The van der Waals surface area contributed by atoms with Gasteiger partial charge in [-0.1, -0.05) is 50.6 Å². The molecule has 0 aliphatic carbocycles. The summed E-state index contributed by atoms with van der Waals surface area (Å²) in [7, 11) is 0. The molecule has 31 heavy (non-hydrogen) atoms. The topological polar surface area (TPSA) is 58.6 Å². The summed E-state index contributed by atoms with van der Waals surface area (Å²) in [4.78, 5) is 27.4. The molecule has 1 unspecified atom stereocenters. The number of carbonyl (C=O) groups excluding carboxylic acids is 2. The lowest BCUT2D eigenvalue weighted by molar-refractivity contribution is -0.142. The lowest BCUT2D eigenvalue weighted by Gasteiger charge is -2.30. The van der Waals surface area contributed by atoms with Gasteiger partial charge in [0, 0.05) is 18.1 Å². The van der Waals surface area contributed by atoms with Crippen molar-refractivity contribution in [3.8, 4) is 5.75 Å². The molecule has 0 heterocycles. The van der Waals surface area contributed by atoms with Crippen LogP contribution in [0.4, 0.5) is 0 Å². The van der Waals surface area contributed by atoms with Crippen LogP contribution < -0.4 is 10.1 Å².